The highest BCUT2D eigenvalue weighted by Crippen LogP contribution is 2.39. The summed E-state index contributed by atoms with van der Waals surface area (Å²) in [6.07, 6.45) is 3.21. The molecule has 1 fully saturated rings. The fourth-order valence-corrected chi connectivity index (χ4v) is 3.95. The number of allylic oxidation sites excluding steroid dienone is 2. The Morgan fingerprint density at radius 1 is 0.933 bits per heavy atom. The first-order valence-corrected chi connectivity index (χ1v) is 9.63. The van der Waals surface area contributed by atoms with Gasteiger partial charge in [0.05, 0.1) is 23.1 Å². The van der Waals surface area contributed by atoms with Crippen LogP contribution in [0.1, 0.15) is 40.5 Å². The highest BCUT2D eigenvalue weighted by molar-refractivity contribution is 6.22. The third-order valence-corrected chi connectivity index (χ3v) is 5.60. The molecule has 0 spiro atoms. The second-order valence-corrected chi connectivity index (χ2v) is 7.60. The standard InChI is InChI=1S/C23H20N2O5/c1-13-2-11-18-19(12-13)22(28)25(21(18)27)17-9-5-14(6-10-17)20(26)24-16-7-3-15(4-8-16)23(29)30/h2-10,18-19H,11-12H2,1H3,(H,24,26)(H,29,30)/t18-,19+/m0/s1. The van der Waals surface area contributed by atoms with Crippen molar-refractivity contribution in [3.05, 3.63) is 71.3 Å². The molecule has 152 valence electrons. The lowest BCUT2D eigenvalue weighted by molar-refractivity contribution is -0.122. The van der Waals surface area contributed by atoms with Crippen LogP contribution in [-0.2, 0) is 9.59 Å². The number of nitrogens with one attached hydrogen (secondary N) is 1. The zero-order valence-electron chi connectivity index (χ0n) is 16.3. The second kappa shape index (κ2) is 7.59. The zero-order chi connectivity index (χ0) is 21.4. The van der Waals surface area contributed by atoms with Gasteiger partial charge >= 0.3 is 5.97 Å². The molecule has 0 aromatic heterocycles. The van der Waals surface area contributed by atoms with Gasteiger partial charge in [0.1, 0.15) is 0 Å². The Hall–Kier alpha value is -3.74. The minimum Gasteiger partial charge on any atom is -0.478 e. The summed E-state index contributed by atoms with van der Waals surface area (Å²) in [4.78, 5) is 50.1. The van der Waals surface area contributed by atoms with Crippen LogP contribution in [0.25, 0.3) is 0 Å². The van der Waals surface area contributed by atoms with E-state index in [4.69, 9.17) is 5.11 Å². The van der Waals surface area contributed by atoms with E-state index in [0.29, 0.717) is 29.8 Å². The number of rotatable bonds is 4. The number of anilines is 2. The highest BCUT2D eigenvalue weighted by atomic mass is 16.4. The van der Waals surface area contributed by atoms with Gasteiger partial charge in [-0.2, -0.15) is 0 Å². The van der Waals surface area contributed by atoms with Crippen molar-refractivity contribution in [3.8, 4) is 0 Å². The minimum atomic E-state index is -1.04. The molecule has 4 rings (SSSR count). The zero-order valence-corrected chi connectivity index (χ0v) is 16.3. The van der Waals surface area contributed by atoms with Gasteiger partial charge in [-0.25, -0.2) is 4.79 Å². The van der Waals surface area contributed by atoms with Crippen LogP contribution in [0.3, 0.4) is 0 Å². The summed E-state index contributed by atoms with van der Waals surface area (Å²) in [5.41, 5.74) is 2.53. The van der Waals surface area contributed by atoms with Crippen molar-refractivity contribution in [1.29, 1.82) is 0 Å². The van der Waals surface area contributed by atoms with Gasteiger partial charge in [-0.05, 0) is 68.3 Å². The molecule has 1 saturated heterocycles. The van der Waals surface area contributed by atoms with Gasteiger partial charge in [-0.1, -0.05) is 11.6 Å². The van der Waals surface area contributed by atoms with Crippen molar-refractivity contribution in [3.63, 3.8) is 0 Å². The van der Waals surface area contributed by atoms with Crippen LogP contribution in [-0.4, -0.2) is 28.8 Å². The smallest absolute Gasteiger partial charge is 0.335 e. The Morgan fingerprint density at radius 3 is 2.17 bits per heavy atom. The van der Waals surface area contributed by atoms with Gasteiger partial charge in [-0.15, -0.1) is 0 Å². The molecular weight excluding hydrogens is 384 g/mol. The first-order valence-electron chi connectivity index (χ1n) is 9.63. The molecule has 2 aromatic rings. The lowest BCUT2D eigenvalue weighted by atomic mass is 9.82. The fourth-order valence-electron chi connectivity index (χ4n) is 3.95. The second-order valence-electron chi connectivity index (χ2n) is 7.60. The van der Waals surface area contributed by atoms with Crippen molar-refractivity contribution in [1.82, 2.24) is 0 Å². The number of hydrogen-bond donors (Lipinski definition) is 2. The predicted molar refractivity (Wildman–Crippen MR) is 110 cm³/mol. The number of imide groups is 1. The molecule has 0 saturated carbocycles. The van der Waals surface area contributed by atoms with E-state index >= 15 is 0 Å². The maximum Gasteiger partial charge on any atom is 0.335 e. The molecule has 2 N–H and O–H groups in total. The Morgan fingerprint density at radius 2 is 1.53 bits per heavy atom. The summed E-state index contributed by atoms with van der Waals surface area (Å²) >= 11 is 0. The predicted octanol–water partition coefficient (Wildman–Crippen LogP) is 3.48. The first-order chi connectivity index (χ1) is 14.3. The van der Waals surface area contributed by atoms with Crippen LogP contribution in [0.4, 0.5) is 11.4 Å². The van der Waals surface area contributed by atoms with E-state index in [1.165, 1.54) is 29.2 Å². The average molecular weight is 404 g/mol. The van der Waals surface area contributed by atoms with Crippen LogP contribution >= 0.6 is 0 Å². The summed E-state index contributed by atoms with van der Waals surface area (Å²) in [6, 6.07) is 12.1. The van der Waals surface area contributed by atoms with E-state index in [2.05, 4.69) is 5.32 Å². The van der Waals surface area contributed by atoms with E-state index in [1.807, 2.05) is 13.0 Å². The van der Waals surface area contributed by atoms with Gasteiger partial charge < -0.3 is 10.4 Å². The Balaban J connectivity index is 1.47. The van der Waals surface area contributed by atoms with E-state index in [1.54, 1.807) is 24.3 Å². The van der Waals surface area contributed by atoms with Crippen molar-refractivity contribution in [2.24, 2.45) is 11.8 Å². The third kappa shape index (κ3) is 3.50. The molecule has 2 aromatic carbocycles. The van der Waals surface area contributed by atoms with Crippen molar-refractivity contribution >= 4 is 35.1 Å². The number of carboxylic acids is 1. The number of carboxylic acid groups (broad SMARTS) is 1. The Bertz CT molecular complexity index is 1070. The number of hydrogen-bond acceptors (Lipinski definition) is 4. The van der Waals surface area contributed by atoms with Crippen LogP contribution in [0, 0.1) is 11.8 Å². The molecule has 7 nitrogen and oxygen atoms in total. The molecular formula is C23H20N2O5. The normalized spacial score (nSPS) is 20.6. The number of aromatic carboxylic acids is 1. The molecule has 1 aliphatic carbocycles. The fraction of sp³-hybridized carbons (Fsp3) is 0.217. The summed E-state index contributed by atoms with van der Waals surface area (Å²) in [5, 5.41) is 11.6. The number of fused-ring (bicyclic) bond motifs is 1. The van der Waals surface area contributed by atoms with Crippen LogP contribution in [0.2, 0.25) is 0 Å². The number of carbonyl (C=O) groups is 4. The molecule has 3 amide bonds. The van der Waals surface area contributed by atoms with Gasteiger partial charge in [-0.3, -0.25) is 19.3 Å². The molecule has 1 heterocycles. The topological polar surface area (TPSA) is 104 Å². The third-order valence-electron chi connectivity index (χ3n) is 5.60. The lowest BCUT2D eigenvalue weighted by Crippen LogP contribution is -2.30. The first kappa shape index (κ1) is 19.6. The van der Waals surface area contributed by atoms with Crippen molar-refractivity contribution < 1.29 is 24.3 Å². The number of benzene rings is 2. The van der Waals surface area contributed by atoms with Crippen LogP contribution in [0.5, 0.6) is 0 Å². The summed E-state index contributed by atoms with van der Waals surface area (Å²) in [7, 11) is 0. The maximum atomic E-state index is 12.8. The molecule has 7 heteroatoms. The highest BCUT2D eigenvalue weighted by Gasteiger charge is 2.48. The summed E-state index contributed by atoms with van der Waals surface area (Å²) in [5.74, 6) is -2.41. The van der Waals surface area contributed by atoms with Gasteiger partial charge in [0.2, 0.25) is 11.8 Å². The van der Waals surface area contributed by atoms with Crippen LogP contribution in [0.15, 0.2) is 60.2 Å². The summed E-state index contributed by atoms with van der Waals surface area (Å²) in [6.45, 7) is 1.97. The monoisotopic (exact) mass is 404 g/mol. The quantitative estimate of drug-likeness (QED) is 0.600. The maximum absolute atomic E-state index is 12.8. The summed E-state index contributed by atoms with van der Waals surface area (Å²) < 4.78 is 0. The van der Waals surface area contributed by atoms with E-state index in [0.717, 1.165) is 5.57 Å². The molecule has 0 bridgehead atoms. The number of carbonyl (C=O) groups excluding carboxylic acids is 3. The molecule has 30 heavy (non-hydrogen) atoms. The number of nitrogens with zero attached hydrogens (tertiary/aromatic N) is 1. The average Bonchev–Trinajstić information content (AvgIpc) is 2.98. The Labute approximate surface area is 173 Å². The van der Waals surface area contributed by atoms with Gasteiger partial charge in [0.15, 0.2) is 0 Å². The SMILES string of the molecule is CC1=CC[C@@H]2C(=O)N(c3ccc(C(=O)Nc4ccc(C(=O)O)cc4)cc3)C(=O)[C@@H]2C1. The number of amides is 3. The van der Waals surface area contributed by atoms with E-state index in [-0.39, 0.29) is 35.1 Å². The largest absolute Gasteiger partial charge is 0.478 e. The molecule has 2 atom stereocenters. The molecule has 0 radical (unpaired) electrons. The van der Waals surface area contributed by atoms with E-state index in [9.17, 15) is 19.2 Å². The minimum absolute atomic E-state index is 0.128. The van der Waals surface area contributed by atoms with Gasteiger partial charge in [0, 0.05) is 11.3 Å². The van der Waals surface area contributed by atoms with Crippen molar-refractivity contribution in [2.75, 3.05) is 10.2 Å². The van der Waals surface area contributed by atoms with E-state index < -0.39 is 5.97 Å². The molecule has 2 aliphatic rings. The van der Waals surface area contributed by atoms with Crippen molar-refractivity contribution in [2.45, 2.75) is 19.8 Å². The van der Waals surface area contributed by atoms with Crippen LogP contribution < -0.4 is 10.2 Å². The molecule has 1 aliphatic heterocycles. The molecule has 0 unspecified atom stereocenters. The lowest BCUT2D eigenvalue weighted by Gasteiger charge is -2.18. The Kier molecular flexibility index (Phi) is 4.95. The van der Waals surface area contributed by atoms with Gasteiger partial charge in [0.25, 0.3) is 5.91 Å².